The number of methoxy groups -OCH3 is 1. The summed E-state index contributed by atoms with van der Waals surface area (Å²) in [7, 11) is 1.08. The zero-order chi connectivity index (χ0) is 17.9. The molecular weight excluding hydrogens is 322 g/mol. The Balaban J connectivity index is 1.90. The molecule has 2 rings (SSSR count). The SMILES string of the molecule is COC(=O)NC(=O)[C@H](C)OC(=O)CN1C(=O)NC2(CCCC2)C1=O. The van der Waals surface area contributed by atoms with Crippen LogP contribution in [-0.2, 0) is 23.9 Å². The molecule has 24 heavy (non-hydrogen) atoms. The smallest absolute Gasteiger partial charge is 0.413 e. The van der Waals surface area contributed by atoms with Crippen molar-refractivity contribution in [2.24, 2.45) is 0 Å². The minimum absolute atomic E-state index is 0.450. The number of urea groups is 1. The summed E-state index contributed by atoms with van der Waals surface area (Å²) in [6.45, 7) is 0.656. The number of alkyl carbamates (subject to hydrolysis) is 1. The van der Waals surface area contributed by atoms with Gasteiger partial charge in [-0.25, -0.2) is 9.59 Å². The third-order valence-electron chi connectivity index (χ3n) is 4.08. The van der Waals surface area contributed by atoms with Crippen molar-refractivity contribution in [2.75, 3.05) is 13.7 Å². The van der Waals surface area contributed by atoms with Gasteiger partial charge in [-0.15, -0.1) is 0 Å². The zero-order valence-electron chi connectivity index (χ0n) is 13.4. The van der Waals surface area contributed by atoms with E-state index < -0.39 is 48.1 Å². The second-order valence-electron chi connectivity index (χ2n) is 5.72. The van der Waals surface area contributed by atoms with E-state index in [2.05, 4.69) is 10.1 Å². The standard InChI is InChI=1S/C14H19N3O7/c1-8(10(19)15-13(22)23-2)24-9(18)7-17-11(20)14(16-12(17)21)5-3-4-6-14/h8H,3-7H2,1-2H3,(H,16,21)(H,15,19,22)/t8-/m0/s1. The number of hydrogen-bond donors (Lipinski definition) is 2. The van der Waals surface area contributed by atoms with Crippen LogP contribution in [0.25, 0.3) is 0 Å². The summed E-state index contributed by atoms with van der Waals surface area (Å²) in [6.07, 6.45) is 0.477. The Labute approximate surface area is 137 Å². The number of nitrogens with zero attached hydrogens (tertiary/aromatic N) is 1. The average molecular weight is 341 g/mol. The molecule has 132 valence electrons. The van der Waals surface area contributed by atoms with E-state index in [1.807, 2.05) is 5.32 Å². The minimum Gasteiger partial charge on any atom is -0.453 e. The van der Waals surface area contributed by atoms with Crippen molar-refractivity contribution in [2.45, 2.75) is 44.2 Å². The van der Waals surface area contributed by atoms with Crippen molar-refractivity contribution in [3.05, 3.63) is 0 Å². The summed E-state index contributed by atoms with van der Waals surface area (Å²) in [4.78, 5) is 59.5. The van der Waals surface area contributed by atoms with Gasteiger partial charge in [0.1, 0.15) is 12.1 Å². The van der Waals surface area contributed by atoms with Crippen LogP contribution in [0, 0.1) is 0 Å². The maximum absolute atomic E-state index is 12.4. The number of nitrogens with one attached hydrogen (secondary N) is 2. The van der Waals surface area contributed by atoms with Crippen LogP contribution in [0.3, 0.4) is 0 Å². The van der Waals surface area contributed by atoms with E-state index in [9.17, 15) is 24.0 Å². The highest BCUT2D eigenvalue weighted by Gasteiger charge is 2.52. The average Bonchev–Trinajstić information content (AvgIpc) is 3.08. The fraction of sp³-hybridized carbons (Fsp3) is 0.643. The van der Waals surface area contributed by atoms with E-state index in [4.69, 9.17) is 4.74 Å². The topological polar surface area (TPSA) is 131 Å². The van der Waals surface area contributed by atoms with Crippen LogP contribution in [0.5, 0.6) is 0 Å². The molecule has 1 saturated heterocycles. The van der Waals surface area contributed by atoms with Crippen LogP contribution >= 0.6 is 0 Å². The van der Waals surface area contributed by atoms with Gasteiger partial charge >= 0.3 is 18.1 Å². The van der Waals surface area contributed by atoms with Crippen molar-refractivity contribution in [3.63, 3.8) is 0 Å². The number of ether oxygens (including phenoxy) is 2. The molecule has 0 unspecified atom stereocenters. The molecule has 1 saturated carbocycles. The third kappa shape index (κ3) is 3.47. The number of imide groups is 2. The normalized spacial score (nSPS) is 19.8. The molecule has 1 atom stereocenters. The van der Waals surface area contributed by atoms with Gasteiger partial charge in [-0.2, -0.15) is 0 Å². The van der Waals surface area contributed by atoms with Crippen LogP contribution in [0.15, 0.2) is 0 Å². The Kier molecular flexibility index (Phi) is 5.05. The van der Waals surface area contributed by atoms with Crippen LogP contribution < -0.4 is 10.6 Å². The highest BCUT2D eigenvalue weighted by atomic mass is 16.6. The Bertz CT molecular complexity index is 583. The lowest BCUT2D eigenvalue weighted by molar-refractivity contribution is -0.156. The van der Waals surface area contributed by atoms with Gasteiger partial charge in [0.2, 0.25) is 0 Å². The van der Waals surface area contributed by atoms with E-state index in [1.54, 1.807) is 0 Å². The van der Waals surface area contributed by atoms with Gasteiger partial charge in [0.15, 0.2) is 6.10 Å². The predicted octanol–water partition coefficient (Wildman–Crippen LogP) is -0.335. The van der Waals surface area contributed by atoms with Gasteiger partial charge in [-0.05, 0) is 19.8 Å². The quantitative estimate of drug-likeness (QED) is 0.528. The largest absolute Gasteiger partial charge is 0.453 e. The molecule has 1 spiro atoms. The molecule has 0 aromatic rings. The molecule has 2 N–H and O–H groups in total. The Morgan fingerprint density at radius 2 is 1.92 bits per heavy atom. The molecule has 0 aromatic heterocycles. The number of esters is 1. The molecule has 0 aromatic carbocycles. The molecule has 2 fully saturated rings. The monoisotopic (exact) mass is 341 g/mol. The van der Waals surface area contributed by atoms with Crippen LogP contribution in [-0.4, -0.2) is 60.1 Å². The van der Waals surface area contributed by atoms with Gasteiger partial charge in [0, 0.05) is 0 Å². The first kappa shape index (κ1) is 17.7. The maximum Gasteiger partial charge on any atom is 0.413 e. The Morgan fingerprint density at radius 1 is 1.29 bits per heavy atom. The first-order chi connectivity index (χ1) is 11.3. The molecule has 1 heterocycles. The van der Waals surface area contributed by atoms with Gasteiger partial charge in [-0.3, -0.25) is 24.6 Å². The van der Waals surface area contributed by atoms with Crippen LogP contribution in [0.2, 0.25) is 0 Å². The predicted molar refractivity (Wildman–Crippen MR) is 77.5 cm³/mol. The van der Waals surface area contributed by atoms with Crippen molar-refractivity contribution in [1.82, 2.24) is 15.5 Å². The minimum atomic E-state index is -1.28. The summed E-state index contributed by atoms with van der Waals surface area (Å²) in [5.41, 5.74) is -0.911. The maximum atomic E-state index is 12.4. The lowest BCUT2D eigenvalue weighted by Crippen LogP contribution is -2.45. The summed E-state index contributed by atoms with van der Waals surface area (Å²) in [5, 5.41) is 4.48. The lowest BCUT2D eigenvalue weighted by atomic mass is 9.98. The Morgan fingerprint density at radius 3 is 2.50 bits per heavy atom. The zero-order valence-corrected chi connectivity index (χ0v) is 13.4. The van der Waals surface area contributed by atoms with Gasteiger partial charge in [0.05, 0.1) is 7.11 Å². The highest BCUT2D eigenvalue weighted by molar-refractivity contribution is 6.09. The van der Waals surface area contributed by atoms with E-state index in [0.29, 0.717) is 12.8 Å². The summed E-state index contributed by atoms with van der Waals surface area (Å²) >= 11 is 0. The number of carbonyl (C=O) groups excluding carboxylic acids is 5. The lowest BCUT2D eigenvalue weighted by Gasteiger charge is -2.20. The van der Waals surface area contributed by atoms with Gasteiger partial charge in [-0.1, -0.05) is 12.8 Å². The van der Waals surface area contributed by atoms with Gasteiger partial charge in [0.25, 0.3) is 11.8 Å². The summed E-state index contributed by atoms with van der Waals surface area (Å²) < 4.78 is 9.08. The highest BCUT2D eigenvalue weighted by Crippen LogP contribution is 2.34. The molecule has 2 aliphatic rings. The van der Waals surface area contributed by atoms with Crippen LogP contribution in [0.4, 0.5) is 9.59 Å². The van der Waals surface area contributed by atoms with E-state index >= 15 is 0 Å². The van der Waals surface area contributed by atoms with Crippen molar-refractivity contribution < 1.29 is 33.4 Å². The first-order valence-electron chi connectivity index (χ1n) is 7.51. The summed E-state index contributed by atoms with van der Waals surface area (Å²) in [5.74, 6) is -2.26. The van der Waals surface area contributed by atoms with Crippen molar-refractivity contribution in [3.8, 4) is 0 Å². The second-order valence-corrected chi connectivity index (χ2v) is 5.72. The fourth-order valence-corrected chi connectivity index (χ4v) is 2.81. The number of hydrogen-bond acceptors (Lipinski definition) is 7. The van der Waals surface area contributed by atoms with E-state index in [-0.39, 0.29) is 0 Å². The first-order valence-corrected chi connectivity index (χ1v) is 7.51. The summed E-state index contributed by atoms with van der Waals surface area (Å²) in [6, 6.07) is -0.648. The van der Waals surface area contributed by atoms with Gasteiger partial charge < -0.3 is 14.8 Å². The van der Waals surface area contributed by atoms with E-state index in [0.717, 1.165) is 24.9 Å². The molecule has 1 aliphatic heterocycles. The fourth-order valence-electron chi connectivity index (χ4n) is 2.81. The second kappa shape index (κ2) is 6.85. The molecule has 0 radical (unpaired) electrons. The molecule has 0 bridgehead atoms. The molecule has 5 amide bonds. The number of amides is 5. The molecule has 10 heteroatoms. The number of carbonyl (C=O) groups is 5. The Hall–Kier alpha value is -2.65. The molecule has 10 nitrogen and oxygen atoms in total. The van der Waals surface area contributed by atoms with Crippen molar-refractivity contribution in [1.29, 1.82) is 0 Å². The molecule has 1 aliphatic carbocycles. The number of rotatable bonds is 4. The van der Waals surface area contributed by atoms with E-state index in [1.165, 1.54) is 6.92 Å². The van der Waals surface area contributed by atoms with Crippen molar-refractivity contribution >= 4 is 29.9 Å². The van der Waals surface area contributed by atoms with Crippen LogP contribution in [0.1, 0.15) is 32.6 Å². The third-order valence-corrected chi connectivity index (χ3v) is 4.08. The molecular formula is C14H19N3O7.